The maximum atomic E-state index is 12.6. The molecule has 9 nitrogen and oxygen atoms in total. The Morgan fingerprint density at radius 3 is 2.64 bits per heavy atom. The first-order chi connectivity index (χ1) is 12.0. The van der Waals surface area contributed by atoms with Crippen molar-refractivity contribution in [3.8, 4) is 0 Å². The highest BCUT2D eigenvalue weighted by atomic mass is 16.5. The minimum Gasteiger partial charge on any atom is -0.380 e. The van der Waals surface area contributed by atoms with Crippen molar-refractivity contribution in [3.63, 3.8) is 0 Å². The molecule has 2 amide bonds. The summed E-state index contributed by atoms with van der Waals surface area (Å²) in [7, 11) is 1.60. The lowest BCUT2D eigenvalue weighted by atomic mass is 10.1. The Balaban J connectivity index is 1.46. The van der Waals surface area contributed by atoms with Gasteiger partial charge < -0.3 is 23.8 Å². The third-order valence-electron chi connectivity index (χ3n) is 4.71. The Kier molecular flexibility index (Phi) is 5.33. The molecule has 3 heterocycles. The molecule has 25 heavy (non-hydrogen) atoms. The SMILES string of the molecule is CCc1noc(COC2CN(C(=O)[C@H]3C[C@H](OC)CN3C(C)=O)C2)n1. The van der Waals surface area contributed by atoms with Gasteiger partial charge in [-0.2, -0.15) is 4.98 Å². The second-order valence-electron chi connectivity index (χ2n) is 6.41. The van der Waals surface area contributed by atoms with Crippen LogP contribution < -0.4 is 0 Å². The zero-order valence-corrected chi connectivity index (χ0v) is 14.8. The molecule has 0 spiro atoms. The van der Waals surface area contributed by atoms with Crippen LogP contribution in [0.15, 0.2) is 4.52 Å². The fourth-order valence-electron chi connectivity index (χ4n) is 3.17. The number of hydrogen-bond donors (Lipinski definition) is 0. The van der Waals surface area contributed by atoms with Crippen LogP contribution in [0.4, 0.5) is 0 Å². The first-order valence-electron chi connectivity index (χ1n) is 8.53. The van der Waals surface area contributed by atoms with E-state index >= 15 is 0 Å². The van der Waals surface area contributed by atoms with E-state index < -0.39 is 6.04 Å². The van der Waals surface area contributed by atoms with E-state index in [-0.39, 0.29) is 30.6 Å². The molecule has 0 saturated carbocycles. The van der Waals surface area contributed by atoms with Crippen LogP contribution in [0.5, 0.6) is 0 Å². The quantitative estimate of drug-likeness (QED) is 0.710. The number of methoxy groups -OCH3 is 1. The number of rotatable bonds is 6. The van der Waals surface area contributed by atoms with E-state index in [1.165, 1.54) is 6.92 Å². The van der Waals surface area contributed by atoms with Gasteiger partial charge in [-0.1, -0.05) is 12.1 Å². The molecule has 3 rings (SSSR count). The average molecular weight is 352 g/mol. The molecular formula is C16H24N4O5. The lowest BCUT2D eigenvalue weighted by Crippen LogP contribution is -2.59. The Labute approximate surface area is 146 Å². The van der Waals surface area contributed by atoms with Crippen LogP contribution >= 0.6 is 0 Å². The van der Waals surface area contributed by atoms with Crippen molar-refractivity contribution in [2.75, 3.05) is 26.7 Å². The highest BCUT2D eigenvalue weighted by molar-refractivity contribution is 5.88. The van der Waals surface area contributed by atoms with Crippen molar-refractivity contribution in [1.82, 2.24) is 19.9 Å². The number of amides is 2. The van der Waals surface area contributed by atoms with Gasteiger partial charge in [-0.05, 0) is 0 Å². The van der Waals surface area contributed by atoms with E-state index in [0.717, 1.165) is 0 Å². The summed E-state index contributed by atoms with van der Waals surface area (Å²) < 4.78 is 16.1. The summed E-state index contributed by atoms with van der Waals surface area (Å²) >= 11 is 0. The van der Waals surface area contributed by atoms with E-state index in [2.05, 4.69) is 10.1 Å². The summed E-state index contributed by atoms with van der Waals surface area (Å²) in [6.07, 6.45) is 1.12. The summed E-state index contributed by atoms with van der Waals surface area (Å²) in [5.41, 5.74) is 0. The first-order valence-corrected chi connectivity index (χ1v) is 8.53. The van der Waals surface area contributed by atoms with Crippen molar-refractivity contribution >= 4 is 11.8 Å². The third-order valence-corrected chi connectivity index (χ3v) is 4.71. The van der Waals surface area contributed by atoms with Crippen LogP contribution in [0.1, 0.15) is 32.0 Å². The van der Waals surface area contributed by atoms with Gasteiger partial charge in [0.2, 0.25) is 11.8 Å². The molecule has 2 aliphatic rings. The average Bonchev–Trinajstić information content (AvgIpc) is 3.19. The molecule has 0 N–H and O–H groups in total. The van der Waals surface area contributed by atoms with Gasteiger partial charge in [0.1, 0.15) is 12.6 Å². The Bertz CT molecular complexity index is 628. The van der Waals surface area contributed by atoms with Gasteiger partial charge in [-0.15, -0.1) is 0 Å². The molecule has 2 saturated heterocycles. The maximum Gasteiger partial charge on any atom is 0.252 e. The highest BCUT2D eigenvalue weighted by Gasteiger charge is 2.43. The third kappa shape index (κ3) is 3.82. The number of carbonyl (C=O) groups is 2. The summed E-state index contributed by atoms with van der Waals surface area (Å²) in [5.74, 6) is 0.959. The van der Waals surface area contributed by atoms with Gasteiger partial charge in [-0.3, -0.25) is 9.59 Å². The molecule has 1 aromatic rings. The number of hydrogen-bond acceptors (Lipinski definition) is 7. The number of nitrogens with zero attached hydrogens (tertiary/aromatic N) is 4. The topological polar surface area (TPSA) is 98.0 Å². The number of ether oxygens (including phenoxy) is 2. The molecule has 138 valence electrons. The van der Waals surface area contributed by atoms with Gasteiger partial charge in [-0.25, -0.2) is 0 Å². The molecule has 0 aromatic carbocycles. The predicted octanol–water partition coefficient (Wildman–Crippen LogP) is -0.00480. The minimum atomic E-state index is -0.438. The first kappa shape index (κ1) is 17.8. The smallest absolute Gasteiger partial charge is 0.252 e. The summed E-state index contributed by atoms with van der Waals surface area (Å²) in [5, 5.41) is 3.81. The van der Waals surface area contributed by atoms with Crippen LogP contribution in [0, 0.1) is 0 Å². The van der Waals surface area contributed by atoms with E-state index in [0.29, 0.717) is 44.2 Å². The van der Waals surface area contributed by atoms with Crippen molar-refractivity contribution in [3.05, 3.63) is 11.7 Å². The van der Waals surface area contributed by atoms with Gasteiger partial charge in [0.15, 0.2) is 5.82 Å². The fourth-order valence-corrected chi connectivity index (χ4v) is 3.17. The minimum absolute atomic E-state index is 0.0411. The van der Waals surface area contributed by atoms with Crippen LogP contribution in [0.3, 0.4) is 0 Å². The van der Waals surface area contributed by atoms with Gasteiger partial charge in [0, 0.05) is 46.5 Å². The highest BCUT2D eigenvalue weighted by Crippen LogP contribution is 2.25. The summed E-state index contributed by atoms with van der Waals surface area (Å²) in [6, 6.07) is -0.438. The summed E-state index contributed by atoms with van der Waals surface area (Å²) in [4.78, 5) is 31.9. The Morgan fingerprint density at radius 2 is 2.04 bits per heavy atom. The fraction of sp³-hybridized carbons (Fsp3) is 0.750. The molecule has 9 heteroatoms. The monoisotopic (exact) mass is 352 g/mol. The molecule has 2 aliphatic heterocycles. The van der Waals surface area contributed by atoms with Crippen molar-refractivity contribution in [2.45, 2.75) is 51.5 Å². The number of likely N-dealkylation sites (tertiary alicyclic amines) is 2. The number of carbonyl (C=O) groups excluding carboxylic acids is 2. The van der Waals surface area contributed by atoms with Crippen LogP contribution in [-0.4, -0.2) is 76.7 Å². The molecule has 0 aliphatic carbocycles. The normalized spacial score (nSPS) is 23.8. The lowest BCUT2D eigenvalue weighted by molar-refractivity contribution is -0.154. The van der Waals surface area contributed by atoms with Crippen molar-refractivity contribution in [1.29, 1.82) is 0 Å². The van der Waals surface area contributed by atoms with Crippen LogP contribution in [-0.2, 0) is 32.1 Å². The predicted molar refractivity (Wildman–Crippen MR) is 85.4 cm³/mol. The lowest BCUT2D eigenvalue weighted by Gasteiger charge is -2.41. The van der Waals surface area contributed by atoms with E-state index in [9.17, 15) is 9.59 Å². The van der Waals surface area contributed by atoms with Gasteiger partial charge >= 0.3 is 0 Å². The van der Waals surface area contributed by atoms with Crippen LogP contribution in [0.25, 0.3) is 0 Å². The van der Waals surface area contributed by atoms with Gasteiger partial charge in [0.25, 0.3) is 5.89 Å². The second kappa shape index (κ2) is 7.49. The Morgan fingerprint density at radius 1 is 1.28 bits per heavy atom. The zero-order valence-electron chi connectivity index (χ0n) is 14.8. The number of aromatic nitrogens is 2. The maximum absolute atomic E-state index is 12.6. The van der Waals surface area contributed by atoms with E-state index in [4.69, 9.17) is 14.0 Å². The standard InChI is InChI=1S/C16H24N4O5/c1-4-14-17-15(25-18-14)9-24-12-6-19(7-12)16(22)13-5-11(23-3)8-20(13)10(2)21/h11-13H,4-9H2,1-3H3/t11-,13+/m0/s1. The molecule has 0 bridgehead atoms. The molecule has 2 atom stereocenters. The zero-order chi connectivity index (χ0) is 18.0. The second-order valence-corrected chi connectivity index (χ2v) is 6.41. The van der Waals surface area contributed by atoms with E-state index in [1.54, 1.807) is 16.9 Å². The van der Waals surface area contributed by atoms with Crippen molar-refractivity contribution < 1.29 is 23.6 Å². The molecule has 1 aromatic heterocycles. The molecular weight excluding hydrogens is 328 g/mol. The largest absolute Gasteiger partial charge is 0.380 e. The number of aryl methyl sites for hydroxylation is 1. The Hall–Kier alpha value is -2.00. The van der Waals surface area contributed by atoms with Crippen molar-refractivity contribution in [2.24, 2.45) is 0 Å². The van der Waals surface area contributed by atoms with Crippen LogP contribution in [0.2, 0.25) is 0 Å². The molecule has 0 unspecified atom stereocenters. The molecule has 0 radical (unpaired) electrons. The van der Waals surface area contributed by atoms with Gasteiger partial charge in [0.05, 0.1) is 12.2 Å². The summed E-state index contributed by atoms with van der Waals surface area (Å²) in [6.45, 7) is 5.16. The van der Waals surface area contributed by atoms with E-state index in [1.807, 2.05) is 6.92 Å². The molecule has 2 fully saturated rings.